The molecule has 0 bridgehead atoms. The molecule has 0 aliphatic rings. The van der Waals surface area contributed by atoms with Crippen LogP contribution in [0.5, 0.6) is 0 Å². The van der Waals surface area contributed by atoms with Crippen molar-refractivity contribution in [2.75, 3.05) is 18.2 Å². The van der Waals surface area contributed by atoms with Gasteiger partial charge in [0.05, 0.1) is 17.0 Å². The minimum Gasteiger partial charge on any atom is -0.454 e. The van der Waals surface area contributed by atoms with Gasteiger partial charge in [-0.15, -0.1) is 0 Å². The molecule has 0 aliphatic heterocycles. The van der Waals surface area contributed by atoms with E-state index in [1.165, 1.54) is 18.2 Å². The van der Waals surface area contributed by atoms with Crippen molar-refractivity contribution < 1.29 is 27.5 Å². The van der Waals surface area contributed by atoms with Gasteiger partial charge in [0.25, 0.3) is 5.91 Å². The second-order valence-corrected chi connectivity index (χ2v) is 10.2. The number of hydrogen-bond donors (Lipinski definition) is 1. The number of Topliss-reactive ketones (excluding diaryl/α,β-unsaturated/α-hetero) is 1. The van der Waals surface area contributed by atoms with Gasteiger partial charge >= 0.3 is 5.97 Å². The SMILES string of the molecule is CC(C)(C)C(=O)COC(=O)c1ccccc1NC(=O)c1ccc(CS(C)(=O)=O)cc1. The molecule has 2 aromatic rings. The van der Waals surface area contributed by atoms with Crippen molar-refractivity contribution in [1.29, 1.82) is 0 Å². The van der Waals surface area contributed by atoms with E-state index in [1.807, 2.05) is 0 Å². The summed E-state index contributed by atoms with van der Waals surface area (Å²) in [5.41, 5.74) is 0.620. The standard InChI is InChI=1S/C22H25NO6S/c1-22(2,3)19(24)13-29-21(26)17-7-5-6-8-18(17)23-20(25)16-11-9-15(10-12-16)14-30(4,27)28/h5-12H,13-14H2,1-4H3,(H,23,25). The van der Waals surface area contributed by atoms with Gasteiger partial charge in [-0.05, 0) is 29.8 Å². The summed E-state index contributed by atoms with van der Waals surface area (Å²) < 4.78 is 27.8. The van der Waals surface area contributed by atoms with Gasteiger partial charge in [0.2, 0.25) is 0 Å². The molecule has 0 saturated carbocycles. The lowest BCUT2D eigenvalue weighted by Gasteiger charge is -2.16. The van der Waals surface area contributed by atoms with Gasteiger partial charge in [-0.25, -0.2) is 13.2 Å². The van der Waals surface area contributed by atoms with Crippen molar-refractivity contribution in [3.05, 3.63) is 65.2 Å². The minimum atomic E-state index is -3.17. The van der Waals surface area contributed by atoms with E-state index in [-0.39, 0.29) is 29.4 Å². The zero-order valence-electron chi connectivity index (χ0n) is 17.4. The third kappa shape index (κ3) is 6.81. The number of carbonyl (C=O) groups is 3. The van der Waals surface area contributed by atoms with Gasteiger partial charge < -0.3 is 10.1 Å². The monoisotopic (exact) mass is 431 g/mol. The van der Waals surface area contributed by atoms with E-state index < -0.39 is 27.1 Å². The highest BCUT2D eigenvalue weighted by Crippen LogP contribution is 2.19. The minimum absolute atomic E-state index is 0.114. The van der Waals surface area contributed by atoms with E-state index in [4.69, 9.17) is 4.74 Å². The zero-order chi connectivity index (χ0) is 22.5. The van der Waals surface area contributed by atoms with Gasteiger partial charge in [0.15, 0.2) is 22.2 Å². The smallest absolute Gasteiger partial charge is 0.340 e. The van der Waals surface area contributed by atoms with Crippen molar-refractivity contribution in [2.45, 2.75) is 26.5 Å². The molecule has 0 aromatic heterocycles. The first-order valence-electron chi connectivity index (χ1n) is 9.24. The molecule has 0 unspecified atom stereocenters. The van der Waals surface area contributed by atoms with Crippen LogP contribution in [0.4, 0.5) is 5.69 Å². The van der Waals surface area contributed by atoms with E-state index in [9.17, 15) is 22.8 Å². The molecule has 0 spiro atoms. The summed E-state index contributed by atoms with van der Waals surface area (Å²) in [6.07, 6.45) is 1.14. The Balaban J connectivity index is 2.11. The highest BCUT2D eigenvalue weighted by Gasteiger charge is 2.23. The Morgan fingerprint density at radius 2 is 1.57 bits per heavy atom. The van der Waals surface area contributed by atoms with Crippen LogP contribution in [0, 0.1) is 5.41 Å². The van der Waals surface area contributed by atoms with Crippen molar-refractivity contribution in [2.24, 2.45) is 5.41 Å². The van der Waals surface area contributed by atoms with Crippen LogP contribution in [0.3, 0.4) is 0 Å². The quantitative estimate of drug-likeness (QED) is 0.675. The Bertz CT molecular complexity index is 1050. The molecule has 8 heteroatoms. The Morgan fingerprint density at radius 3 is 2.13 bits per heavy atom. The van der Waals surface area contributed by atoms with Gasteiger partial charge in [0.1, 0.15) is 0 Å². The summed E-state index contributed by atoms with van der Waals surface area (Å²) in [7, 11) is -3.17. The molecular formula is C22H25NO6S. The third-order valence-corrected chi connectivity index (χ3v) is 5.07. The highest BCUT2D eigenvalue weighted by molar-refractivity contribution is 7.89. The molecule has 0 aliphatic carbocycles. The number of sulfone groups is 1. The lowest BCUT2D eigenvalue weighted by molar-refractivity contribution is -0.129. The normalized spacial score (nSPS) is 11.6. The van der Waals surface area contributed by atoms with Crippen molar-refractivity contribution in [1.82, 2.24) is 0 Å². The summed E-state index contributed by atoms with van der Waals surface area (Å²) in [4.78, 5) is 36.9. The van der Waals surface area contributed by atoms with E-state index in [0.29, 0.717) is 11.1 Å². The first-order chi connectivity index (χ1) is 13.9. The maximum atomic E-state index is 12.5. The topological polar surface area (TPSA) is 107 Å². The summed E-state index contributed by atoms with van der Waals surface area (Å²) >= 11 is 0. The zero-order valence-corrected chi connectivity index (χ0v) is 18.2. The second-order valence-electron chi connectivity index (χ2n) is 8.02. The molecule has 7 nitrogen and oxygen atoms in total. The molecule has 0 heterocycles. The maximum absolute atomic E-state index is 12.5. The number of hydrogen-bond acceptors (Lipinski definition) is 6. The highest BCUT2D eigenvalue weighted by atomic mass is 32.2. The van der Waals surface area contributed by atoms with Gasteiger partial charge in [-0.2, -0.15) is 0 Å². The summed E-state index contributed by atoms with van der Waals surface area (Å²) in [6.45, 7) is 4.85. The van der Waals surface area contributed by atoms with Crippen molar-refractivity contribution >= 4 is 33.2 Å². The molecule has 0 fully saturated rings. The van der Waals surface area contributed by atoms with E-state index >= 15 is 0 Å². The predicted octanol–water partition coefficient (Wildman–Crippen LogP) is 3.26. The number of esters is 1. The lowest BCUT2D eigenvalue weighted by Crippen LogP contribution is -2.26. The molecule has 0 saturated heterocycles. The Kier molecular flexibility index (Phi) is 7.15. The molecule has 1 N–H and O–H groups in total. The summed E-state index contributed by atoms with van der Waals surface area (Å²) in [5, 5.41) is 2.65. The van der Waals surface area contributed by atoms with E-state index in [2.05, 4.69) is 5.32 Å². The average Bonchev–Trinajstić information content (AvgIpc) is 2.64. The number of benzene rings is 2. The molecule has 0 atom stereocenters. The van der Waals surface area contributed by atoms with Crippen LogP contribution >= 0.6 is 0 Å². The fourth-order valence-electron chi connectivity index (χ4n) is 2.45. The van der Waals surface area contributed by atoms with Crippen LogP contribution in [0.1, 0.15) is 47.1 Å². The van der Waals surface area contributed by atoms with Gasteiger partial charge in [-0.1, -0.05) is 45.0 Å². The van der Waals surface area contributed by atoms with Crippen LogP contribution in [0.15, 0.2) is 48.5 Å². The molecule has 30 heavy (non-hydrogen) atoms. The second kappa shape index (κ2) is 9.21. The molecule has 1 amide bonds. The number of anilines is 1. The van der Waals surface area contributed by atoms with Gasteiger partial charge in [-0.3, -0.25) is 9.59 Å². The molecule has 0 radical (unpaired) electrons. The fourth-order valence-corrected chi connectivity index (χ4v) is 3.24. The lowest BCUT2D eigenvalue weighted by atomic mass is 9.91. The Labute approximate surface area is 176 Å². The first kappa shape index (κ1) is 23.3. The van der Waals surface area contributed by atoms with Gasteiger partial charge in [0, 0.05) is 17.2 Å². The summed E-state index contributed by atoms with van der Waals surface area (Å²) in [5.74, 6) is -1.51. The number of amides is 1. The predicted molar refractivity (Wildman–Crippen MR) is 114 cm³/mol. The van der Waals surface area contributed by atoms with E-state index in [0.717, 1.165) is 6.26 Å². The van der Waals surface area contributed by atoms with Crippen molar-refractivity contribution in [3.8, 4) is 0 Å². The largest absolute Gasteiger partial charge is 0.454 e. The summed E-state index contributed by atoms with van der Waals surface area (Å²) in [6, 6.07) is 12.5. The molecular weight excluding hydrogens is 406 g/mol. The Hall–Kier alpha value is -3.00. The number of ketones is 1. The third-order valence-electron chi connectivity index (χ3n) is 4.21. The number of ether oxygens (including phenoxy) is 1. The number of carbonyl (C=O) groups excluding carboxylic acids is 3. The van der Waals surface area contributed by atoms with Crippen LogP contribution in [-0.2, 0) is 25.1 Å². The van der Waals surface area contributed by atoms with Crippen LogP contribution in [-0.4, -0.2) is 38.9 Å². The molecule has 160 valence electrons. The van der Waals surface area contributed by atoms with Crippen molar-refractivity contribution in [3.63, 3.8) is 0 Å². The maximum Gasteiger partial charge on any atom is 0.340 e. The average molecular weight is 432 g/mol. The number of nitrogens with one attached hydrogen (secondary N) is 1. The van der Waals surface area contributed by atoms with Crippen LogP contribution < -0.4 is 5.32 Å². The molecule has 2 rings (SSSR count). The van der Waals surface area contributed by atoms with E-state index in [1.54, 1.807) is 51.1 Å². The fraction of sp³-hybridized carbons (Fsp3) is 0.318. The Morgan fingerprint density at radius 1 is 0.967 bits per heavy atom. The number of rotatable bonds is 7. The van der Waals surface area contributed by atoms with Crippen LogP contribution in [0.2, 0.25) is 0 Å². The molecule has 2 aromatic carbocycles. The first-order valence-corrected chi connectivity index (χ1v) is 11.3. The van der Waals surface area contributed by atoms with Crippen LogP contribution in [0.25, 0.3) is 0 Å². The number of para-hydroxylation sites is 1.